The van der Waals surface area contributed by atoms with E-state index in [9.17, 15) is 19.0 Å². The number of esters is 2. The number of nitrogens with zero attached hydrogens (tertiary/aromatic N) is 1. The fourth-order valence-corrected chi connectivity index (χ4v) is 9.62. The van der Waals surface area contributed by atoms with Crippen LogP contribution in [0.5, 0.6) is 0 Å². The third-order valence-corrected chi connectivity index (χ3v) is 14.8. The number of carbonyl (C=O) groups is 2. The second-order valence-electron chi connectivity index (χ2n) is 22.8. The Balaban J connectivity index is 4.00. The second kappa shape index (κ2) is 59.5. The van der Waals surface area contributed by atoms with Crippen molar-refractivity contribution >= 4 is 19.8 Å². The number of quaternary nitrogens is 1. The van der Waals surface area contributed by atoms with Crippen molar-refractivity contribution in [3.05, 3.63) is 97.2 Å². The van der Waals surface area contributed by atoms with Crippen molar-refractivity contribution in [2.45, 2.75) is 283 Å². The standard InChI is InChI=1S/C69H122NO8P/c1-6-8-10-12-14-16-18-20-22-24-25-26-27-28-29-30-31-32-33-34-35-36-37-38-39-40-41-42-43-44-45-46-48-50-52-54-56-58-60-62-69(72)78-67(66-77-79(73,74)76-64-63-70(3,4)5)65-75-68(71)61-59-57-55-53-51-49-47-23-21-19-17-15-13-11-9-7-2/h8,10,14,16,20,22-23,25-26,28-29,31-32,34-35,47,67H,6-7,9,11-13,15,17-19,21,24,27,30,33,36-46,48-66H2,1-5H3/p+1/b10-8-,16-14-,22-20-,26-25-,29-28-,32-31-,35-34-,47-23-. The van der Waals surface area contributed by atoms with Gasteiger partial charge < -0.3 is 18.9 Å². The van der Waals surface area contributed by atoms with E-state index in [2.05, 4.69) is 111 Å². The Morgan fingerprint density at radius 3 is 1.09 bits per heavy atom. The Morgan fingerprint density at radius 2 is 0.722 bits per heavy atom. The van der Waals surface area contributed by atoms with Crippen molar-refractivity contribution in [1.29, 1.82) is 0 Å². The Morgan fingerprint density at radius 1 is 0.405 bits per heavy atom. The van der Waals surface area contributed by atoms with E-state index in [1.165, 1.54) is 148 Å². The van der Waals surface area contributed by atoms with Gasteiger partial charge in [-0.2, -0.15) is 0 Å². The van der Waals surface area contributed by atoms with Crippen LogP contribution >= 0.6 is 7.82 Å². The van der Waals surface area contributed by atoms with Gasteiger partial charge in [0.05, 0.1) is 27.7 Å². The first-order valence-electron chi connectivity index (χ1n) is 32.5. The van der Waals surface area contributed by atoms with Gasteiger partial charge >= 0.3 is 19.8 Å². The number of unbranched alkanes of at least 4 members (excludes halogenated alkanes) is 29. The van der Waals surface area contributed by atoms with Crippen molar-refractivity contribution < 1.29 is 42.1 Å². The lowest BCUT2D eigenvalue weighted by Gasteiger charge is -2.24. The van der Waals surface area contributed by atoms with Gasteiger partial charge in [0.25, 0.3) is 0 Å². The van der Waals surface area contributed by atoms with Crippen molar-refractivity contribution in [3.63, 3.8) is 0 Å². The molecule has 1 N–H and O–H groups in total. The minimum Gasteiger partial charge on any atom is -0.462 e. The molecule has 0 saturated carbocycles. The van der Waals surface area contributed by atoms with Crippen molar-refractivity contribution in [2.24, 2.45) is 0 Å². The lowest BCUT2D eigenvalue weighted by molar-refractivity contribution is -0.870. The molecule has 9 nitrogen and oxygen atoms in total. The third kappa shape index (κ3) is 64.0. The van der Waals surface area contributed by atoms with Gasteiger partial charge in [-0.1, -0.05) is 265 Å². The van der Waals surface area contributed by atoms with Crippen LogP contribution in [0.15, 0.2) is 97.2 Å². The number of allylic oxidation sites excluding steroid dienone is 16. The zero-order valence-corrected chi connectivity index (χ0v) is 52.7. The highest BCUT2D eigenvalue weighted by molar-refractivity contribution is 7.47. The van der Waals surface area contributed by atoms with Gasteiger partial charge in [0.2, 0.25) is 0 Å². The van der Waals surface area contributed by atoms with E-state index < -0.39 is 26.5 Å². The van der Waals surface area contributed by atoms with Crippen LogP contribution in [0.1, 0.15) is 277 Å². The maximum absolute atomic E-state index is 12.8. The van der Waals surface area contributed by atoms with Crippen LogP contribution in [0, 0.1) is 0 Å². The van der Waals surface area contributed by atoms with Crippen molar-refractivity contribution in [1.82, 2.24) is 0 Å². The minimum atomic E-state index is -4.39. The molecular formula is C69H123NO8P+. The van der Waals surface area contributed by atoms with Crippen LogP contribution in [-0.2, 0) is 32.7 Å². The maximum atomic E-state index is 12.8. The molecular weight excluding hydrogens is 1000 g/mol. The highest BCUT2D eigenvalue weighted by atomic mass is 31.2. The molecule has 0 amide bonds. The van der Waals surface area contributed by atoms with E-state index in [1.807, 2.05) is 21.1 Å². The zero-order chi connectivity index (χ0) is 57.7. The van der Waals surface area contributed by atoms with Crippen LogP contribution in [0.25, 0.3) is 0 Å². The Bertz CT molecular complexity index is 1650. The topological polar surface area (TPSA) is 108 Å². The fourth-order valence-electron chi connectivity index (χ4n) is 8.87. The van der Waals surface area contributed by atoms with E-state index in [0.717, 1.165) is 96.3 Å². The van der Waals surface area contributed by atoms with Crippen LogP contribution in [0.2, 0.25) is 0 Å². The number of carbonyl (C=O) groups excluding carboxylic acids is 2. The number of likely N-dealkylation sites (N-methyl/N-ethyl adjacent to an activating group) is 1. The molecule has 0 aromatic rings. The van der Waals surface area contributed by atoms with Gasteiger partial charge in [-0.3, -0.25) is 18.6 Å². The Kier molecular flexibility index (Phi) is 57.2. The second-order valence-corrected chi connectivity index (χ2v) is 24.2. The smallest absolute Gasteiger partial charge is 0.462 e. The summed E-state index contributed by atoms with van der Waals surface area (Å²) in [5, 5.41) is 0. The number of hydrogen-bond donors (Lipinski definition) is 1. The predicted octanol–water partition coefficient (Wildman–Crippen LogP) is 20.8. The van der Waals surface area contributed by atoms with E-state index >= 15 is 0 Å². The molecule has 0 heterocycles. The van der Waals surface area contributed by atoms with Gasteiger partial charge in [-0.05, 0) is 96.3 Å². The van der Waals surface area contributed by atoms with E-state index in [1.54, 1.807) is 0 Å². The van der Waals surface area contributed by atoms with Crippen LogP contribution in [0.4, 0.5) is 0 Å². The number of phosphoric ester groups is 1. The highest BCUT2D eigenvalue weighted by Crippen LogP contribution is 2.43. The molecule has 0 aliphatic rings. The summed E-state index contributed by atoms with van der Waals surface area (Å²) in [4.78, 5) is 35.7. The molecule has 79 heavy (non-hydrogen) atoms. The average Bonchev–Trinajstić information content (AvgIpc) is 3.41. The predicted molar refractivity (Wildman–Crippen MR) is 339 cm³/mol. The van der Waals surface area contributed by atoms with Crippen LogP contribution < -0.4 is 0 Å². The lowest BCUT2D eigenvalue weighted by atomic mass is 10.0. The first-order valence-corrected chi connectivity index (χ1v) is 34.0. The van der Waals surface area contributed by atoms with Crippen molar-refractivity contribution in [2.75, 3.05) is 47.5 Å². The molecule has 0 bridgehead atoms. The first kappa shape index (κ1) is 75.9. The molecule has 0 aliphatic heterocycles. The monoisotopic (exact) mass is 1120 g/mol. The summed E-state index contributed by atoms with van der Waals surface area (Å²) >= 11 is 0. The molecule has 0 aromatic heterocycles. The molecule has 456 valence electrons. The summed E-state index contributed by atoms with van der Waals surface area (Å²) in [6.45, 7) is 4.32. The SMILES string of the molecule is CC/C=C\C/C=C\C/C=C\C/C=C\C/C=C\C/C=C\C/C=C\CCCCCCCCCCCCCCCCCCCC(=O)OC(COC(=O)CCCCCCC/C=C\CCCCCCCCC)COP(=O)(O)OCC[N+](C)(C)C. The van der Waals surface area contributed by atoms with Crippen LogP contribution in [0.3, 0.4) is 0 Å². The summed E-state index contributed by atoms with van der Waals surface area (Å²) in [5.41, 5.74) is 0. The van der Waals surface area contributed by atoms with E-state index in [-0.39, 0.29) is 32.0 Å². The first-order chi connectivity index (χ1) is 38.5. The zero-order valence-electron chi connectivity index (χ0n) is 51.8. The normalized spacial score (nSPS) is 13.8. The lowest BCUT2D eigenvalue weighted by Crippen LogP contribution is -2.37. The van der Waals surface area contributed by atoms with Gasteiger partial charge in [0.15, 0.2) is 6.10 Å². The third-order valence-electron chi connectivity index (χ3n) is 13.8. The summed E-state index contributed by atoms with van der Waals surface area (Å²) in [6.07, 6.45) is 82.2. The number of hydrogen-bond acceptors (Lipinski definition) is 7. The molecule has 0 aromatic carbocycles. The molecule has 2 atom stereocenters. The van der Waals surface area contributed by atoms with Gasteiger partial charge in [0, 0.05) is 12.8 Å². The molecule has 0 aliphatic carbocycles. The average molecular weight is 1130 g/mol. The molecule has 0 radical (unpaired) electrons. The summed E-state index contributed by atoms with van der Waals surface area (Å²) < 4.78 is 34.6. The van der Waals surface area contributed by atoms with Crippen LogP contribution in [-0.4, -0.2) is 74.9 Å². The number of phosphoric acid groups is 1. The highest BCUT2D eigenvalue weighted by Gasteiger charge is 2.27. The van der Waals surface area contributed by atoms with E-state index in [0.29, 0.717) is 17.4 Å². The molecule has 2 unspecified atom stereocenters. The summed E-state index contributed by atoms with van der Waals surface area (Å²) in [5.74, 6) is -0.801. The molecule has 0 spiro atoms. The molecule has 10 heteroatoms. The van der Waals surface area contributed by atoms with Crippen molar-refractivity contribution in [3.8, 4) is 0 Å². The molecule has 0 saturated heterocycles. The Hall–Kier alpha value is -3.07. The quantitative estimate of drug-likeness (QED) is 0.0211. The summed E-state index contributed by atoms with van der Waals surface area (Å²) in [6, 6.07) is 0. The number of rotatable bonds is 59. The van der Waals surface area contributed by atoms with E-state index in [4.69, 9.17) is 18.5 Å². The fraction of sp³-hybridized carbons (Fsp3) is 0.739. The number of ether oxygens (including phenoxy) is 2. The molecule has 0 rings (SSSR count). The minimum absolute atomic E-state index is 0.0288. The van der Waals surface area contributed by atoms with Gasteiger partial charge in [0.1, 0.15) is 19.8 Å². The summed E-state index contributed by atoms with van der Waals surface area (Å²) in [7, 11) is 1.47. The largest absolute Gasteiger partial charge is 0.472 e. The molecule has 0 fully saturated rings. The van der Waals surface area contributed by atoms with Gasteiger partial charge in [-0.15, -0.1) is 0 Å². The Labute approximate surface area is 487 Å². The maximum Gasteiger partial charge on any atom is 0.472 e. The van der Waals surface area contributed by atoms with Gasteiger partial charge in [-0.25, -0.2) is 4.57 Å².